The lowest BCUT2D eigenvalue weighted by Crippen LogP contribution is -2.31. The van der Waals surface area contributed by atoms with E-state index in [0.717, 1.165) is 12.0 Å². The summed E-state index contributed by atoms with van der Waals surface area (Å²) in [6, 6.07) is 8.10. The van der Waals surface area contributed by atoms with Gasteiger partial charge < -0.3 is 0 Å². The molecule has 0 radical (unpaired) electrons. The van der Waals surface area contributed by atoms with Gasteiger partial charge in [0.25, 0.3) is 0 Å². The Bertz CT molecular complexity index is 317. The maximum absolute atomic E-state index is 11.0. The van der Waals surface area contributed by atoms with E-state index in [4.69, 9.17) is 5.84 Å². The fraction of sp³-hybridized carbons (Fsp3) is 0.417. The third-order valence-corrected chi connectivity index (χ3v) is 2.19. The predicted octanol–water partition coefficient (Wildman–Crippen LogP) is 1.42. The Balaban J connectivity index is 2.60. The van der Waals surface area contributed by atoms with E-state index in [1.165, 1.54) is 5.56 Å². The van der Waals surface area contributed by atoms with Gasteiger partial charge >= 0.3 is 0 Å². The fourth-order valence-electron chi connectivity index (χ4n) is 1.50. The lowest BCUT2D eigenvalue weighted by atomic mass is 10.0. The van der Waals surface area contributed by atoms with Crippen LogP contribution in [0.4, 0.5) is 0 Å². The Labute approximate surface area is 90.6 Å². The minimum absolute atomic E-state index is 0.161. The molecule has 3 heteroatoms. The molecule has 0 spiro atoms. The number of nitrogens with two attached hydrogens (primary N) is 1. The molecule has 0 aromatic heterocycles. The molecule has 0 bridgehead atoms. The maximum Gasteiger partial charge on any atom is 0.238 e. The van der Waals surface area contributed by atoms with Gasteiger partial charge in [-0.3, -0.25) is 10.2 Å². The van der Waals surface area contributed by atoms with E-state index < -0.39 is 0 Å². The highest BCUT2D eigenvalue weighted by Crippen LogP contribution is 2.10. The molecule has 0 saturated heterocycles. The van der Waals surface area contributed by atoms with Crippen LogP contribution in [0.2, 0.25) is 0 Å². The summed E-state index contributed by atoms with van der Waals surface area (Å²) in [7, 11) is 0. The molecule has 15 heavy (non-hydrogen) atoms. The smallest absolute Gasteiger partial charge is 0.238 e. The van der Waals surface area contributed by atoms with Gasteiger partial charge in [0, 0.05) is 0 Å². The maximum atomic E-state index is 11.0. The zero-order valence-corrected chi connectivity index (χ0v) is 9.29. The van der Waals surface area contributed by atoms with Gasteiger partial charge in [-0.25, -0.2) is 5.84 Å². The normalized spacial score (nSPS) is 10.4. The first kappa shape index (κ1) is 11.7. The van der Waals surface area contributed by atoms with Crippen LogP contribution in [0.1, 0.15) is 25.0 Å². The van der Waals surface area contributed by atoms with E-state index >= 15 is 0 Å². The van der Waals surface area contributed by atoms with Gasteiger partial charge in [-0.15, -0.1) is 0 Å². The molecule has 0 unspecified atom stereocenters. The Morgan fingerprint density at radius 1 is 1.27 bits per heavy atom. The van der Waals surface area contributed by atoms with Gasteiger partial charge in [-0.05, 0) is 23.5 Å². The fourth-order valence-corrected chi connectivity index (χ4v) is 1.50. The Kier molecular flexibility index (Phi) is 4.31. The second kappa shape index (κ2) is 5.51. The molecule has 0 atom stereocenters. The molecule has 0 fully saturated rings. The van der Waals surface area contributed by atoms with Crippen LogP contribution >= 0.6 is 0 Å². The summed E-state index contributed by atoms with van der Waals surface area (Å²) in [5.74, 6) is 5.51. The monoisotopic (exact) mass is 206 g/mol. The number of hydrazine groups is 1. The lowest BCUT2D eigenvalue weighted by Gasteiger charge is -2.06. The molecule has 1 aromatic carbocycles. The number of carbonyl (C=O) groups is 1. The van der Waals surface area contributed by atoms with Crippen molar-refractivity contribution in [3.8, 4) is 0 Å². The zero-order valence-electron chi connectivity index (χ0n) is 9.29. The number of rotatable bonds is 4. The summed E-state index contributed by atoms with van der Waals surface area (Å²) in [6.07, 6.45) is 1.42. The van der Waals surface area contributed by atoms with Crippen molar-refractivity contribution in [2.75, 3.05) is 0 Å². The summed E-state index contributed by atoms with van der Waals surface area (Å²) in [5, 5.41) is 0. The first-order valence-electron chi connectivity index (χ1n) is 5.19. The zero-order chi connectivity index (χ0) is 11.3. The van der Waals surface area contributed by atoms with E-state index in [9.17, 15) is 4.79 Å². The summed E-state index contributed by atoms with van der Waals surface area (Å²) >= 11 is 0. The van der Waals surface area contributed by atoms with Crippen molar-refractivity contribution in [2.45, 2.75) is 26.7 Å². The van der Waals surface area contributed by atoms with Gasteiger partial charge in [0.1, 0.15) is 0 Å². The predicted molar refractivity (Wildman–Crippen MR) is 61.0 cm³/mol. The summed E-state index contributed by atoms with van der Waals surface area (Å²) in [4.78, 5) is 11.0. The van der Waals surface area contributed by atoms with Crippen LogP contribution in [0.25, 0.3) is 0 Å². The number of carbonyl (C=O) groups excluding carboxylic acids is 1. The second-order valence-corrected chi connectivity index (χ2v) is 4.16. The molecular formula is C12H18N2O. The van der Waals surface area contributed by atoms with E-state index in [1.54, 1.807) is 0 Å². The molecule has 82 valence electrons. The van der Waals surface area contributed by atoms with Crippen molar-refractivity contribution >= 4 is 5.91 Å². The molecule has 3 N–H and O–H groups in total. The number of nitrogens with one attached hydrogen (secondary N) is 1. The van der Waals surface area contributed by atoms with Gasteiger partial charge in [0.15, 0.2) is 0 Å². The SMILES string of the molecule is CC(C)Cc1ccc(CC(=O)NN)cc1. The molecule has 0 heterocycles. The van der Waals surface area contributed by atoms with Crippen LogP contribution < -0.4 is 11.3 Å². The lowest BCUT2D eigenvalue weighted by molar-refractivity contribution is -0.120. The van der Waals surface area contributed by atoms with Crippen molar-refractivity contribution in [1.29, 1.82) is 0 Å². The van der Waals surface area contributed by atoms with E-state index in [-0.39, 0.29) is 5.91 Å². The van der Waals surface area contributed by atoms with Crippen molar-refractivity contribution in [3.05, 3.63) is 35.4 Å². The highest BCUT2D eigenvalue weighted by molar-refractivity contribution is 5.77. The first-order valence-corrected chi connectivity index (χ1v) is 5.19. The van der Waals surface area contributed by atoms with Gasteiger partial charge in [0.05, 0.1) is 6.42 Å². The quantitative estimate of drug-likeness (QED) is 0.444. The highest BCUT2D eigenvalue weighted by atomic mass is 16.2. The summed E-state index contributed by atoms with van der Waals surface area (Å²) in [6.45, 7) is 4.38. The number of hydrogen-bond acceptors (Lipinski definition) is 2. The molecule has 0 saturated carbocycles. The van der Waals surface area contributed by atoms with Crippen LogP contribution in [-0.2, 0) is 17.6 Å². The Morgan fingerprint density at radius 3 is 2.27 bits per heavy atom. The largest absolute Gasteiger partial charge is 0.294 e. The second-order valence-electron chi connectivity index (χ2n) is 4.16. The molecule has 0 aliphatic carbocycles. The Hall–Kier alpha value is -1.35. The van der Waals surface area contributed by atoms with Crippen LogP contribution in [0.3, 0.4) is 0 Å². The molecule has 1 amide bonds. The molecule has 0 aliphatic heterocycles. The topological polar surface area (TPSA) is 55.1 Å². The van der Waals surface area contributed by atoms with Crippen molar-refractivity contribution in [2.24, 2.45) is 11.8 Å². The first-order chi connectivity index (χ1) is 7.11. The van der Waals surface area contributed by atoms with Gasteiger partial charge in [0.2, 0.25) is 5.91 Å². The van der Waals surface area contributed by atoms with Crippen LogP contribution in [0.15, 0.2) is 24.3 Å². The summed E-state index contributed by atoms with van der Waals surface area (Å²) in [5.41, 5.74) is 4.42. The molecule has 3 nitrogen and oxygen atoms in total. The van der Waals surface area contributed by atoms with E-state index in [0.29, 0.717) is 12.3 Å². The van der Waals surface area contributed by atoms with Crippen LogP contribution in [0.5, 0.6) is 0 Å². The molecule has 0 aliphatic rings. The van der Waals surface area contributed by atoms with E-state index in [2.05, 4.69) is 31.4 Å². The molecular weight excluding hydrogens is 188 g/mol. The molecule has 1 aromatic rings. The van der Waals surface area contributed by atoms with Crippen molar-refractivity contribution in [3.63, 3.8) is 0 Å². The number of benzene rings is 1. The van der Waals surface area contributed by atoms with Crippen LogP contribution in [-0.4, -0.2) is 5.91 Å². The molecule has 1 rings (SSSR count). The highest BCUT2D eigenvalue weighted by Gasteiger charge is 2.02. The number of hydrogen-bond donors (Lipinski definition) is 2. The minimum atomic E-state index is -0.161. The average molecular weight is 206 g/mol. The third-order valence-electron chi connectivity index (χ3n) is 2.19. The standard InChI is InChI=1S/C12H18N2O/c1-9(2)7-10-3-5-11(6-4-10)8-12(15)14-13/h3-6,9H,7-8,13H2,1-2H3,(H,14,15). The Morgan fingerprint density at radius 2 is 1.80 bits per heavy atom. The van der Waals surface area contributed by atoms with Gasteiger partial charge in [-0.2, -0.15) is 0 Å². The van der Waals surface area contributed by atoms with Crippen LogP contribution in [0, 0.1) is 5.92 Å². The third kappa shape index (κ3) is 4.13. The summed E-state index contributed by atoms with van der Waals surface area (Å²) < 4.78 is 0. The number of amides is 1. The van der Waals surface area contributed by atoms with Crippen molar-refractivity contribution < 1.29 is 4.79 Å². The average Bonchev–Trinajstić information content (AvgIpc) is 2.20. The van der Waals surface area contributed by atoms with E-state index in [1.807, 2.05) is 12.1 Å². The van der Waals surface area contributed by atoms with Gasteiger partial charge in [-0.1, -0.05) is 38.1 Å². The van der Waals surface area contributed by atoms with Crippen molar-refractivity contribution in [1.82, 2.24) is 5.43 Å². The minimum Gasteiger partial charge on any atom is -0.294 e.